The fraction of sp³-hybridized carbons (Fsp3) is 0.333. The number of morpholine rings is 1. The minimum Gasteiger partial charge on any atom is -0.465 e. The lowest BCUT2D eigenvalue weighted by molar-refractivity contribution is -0.113. The molecule has 1 aliphatic heterocycles. The molecule has 0 unspecified atom stereocenters. The van der Waals surface area contributed by atoms with Crippen molar-refractivity contribution in [3.63, 3.8) is 0 Å². The minimum atomic E-state index is -0.452. The van der Waals surface area contributed by atoms with Gasteiger partial charge in [-0.05, 0) is 43.2 Å². The average molecular weight is 482 g/mol. The molecule has 3 aromatic rings. The molecular weight excluding hydrogens is 454 g/mol. The number of ether oxygens (including phenoxy) is 2. The molecule has 1 aliphatic rings. The van der Waals surface area contributed by atoms with Gasteiger partial charge in [-0.2, -0.15) is 0 Å². The van der Waals surface area contributed by atoms with Gasteiger partial charge in [-0.1, -0.05) is 36.0 Å². The van der Waals surface area contributed by atoms with Crippen LogP contribution >= 0.6 is 11.8 Å². The molecule has 1 fully saturated rings. The maximum absolute atomic E-state index is 12.8. The van der Waals surface area contributed by atoms with Crippen molar-refractivity contribution in [1.29, 1.82) is 0 Å². The van der Waals surface area contributed by atoms with Crippen LogP contribution in [0.3, 0.4) is 0 Å². The first kappa shape index (κ1) is 23.8. The van der Waals surface area contributed by atoms with Gasteiger partial charge in [0.1, 0.15) is 0 Å². The first-order chi connectivity index (χ1) is 16.5. The Morgan fingerprint density at radius 2 is 1.85 bits per heavy atom. The lowest BCUT2D eigenvalue weighted by atomic mass is 10.1. The van der Waals surface area contributed by atoms with E-state index >= 15 is 0 Å². The van der Waals surface area contributed by atoms with Crippen LogP contribution in [0.4, 0.5) is 11.6 Å². The Labute approximate surface area is 202 Å². The molecule has 2 aromatic carbocycles. The topological polar surface area (TPSA) is 98.6 Å². The van der Waals surface area contributed by atoms with Gasteiger partial charge in [-0.15, -0.1) is 10.2 Å². The number of para-hydroxylation sites is 1. The van der Waals surface area contributed by atoms with Crippen molar-refractivity contribution in [2.45, 2.75) is 19.0 Å². The third kappa shape index (κ3) is 5.23. The molecule has 10 heteroatoms. The molecule has 0 bridgehead atoms. The molecule has 0 atom stereocenters. The second-order valence-electron chi connectivity index (χ2n) is 7.86. The van der Waals surface area contributed by atoms with E-state index in [1.54, 1.807) is 18.2 Å². The molecule has 2 heterocycles. The van der Waals surface area contributed by atoms with Crippen LogP contribution in [-0.4, -0.2) is 65.8 Å². The van der Waals surface area contributed by atoms with Crippen LogP contribution < -0.4 is 10.2 Å². The lowest BCUT2D eigenvalue weighted by Crippen LogP contribution is -2.38. The summed E-state index contributed by atoms with van der Waals surface area (Å²) >= 11 is 1.31. The summed E-state index contributed by atoms with van der Waals surface area (Å²) in [5, 5.41) is 12.4. The number of hydrogen-bond donors (Lipinski definition) is 1. The third-order valence-electron chi connectivity index (χ3n) is 5.53. The van der Waals surface area contributed by atoms with E-state index in [2.05, 4.69) is 20.4 Å². The van der Waals surface area contributed by atoms with Gasteiger partial charge >= 0.3 is 5.97 Å². The van der Waals surface area contributed by atoms with Crippen LogP contribution in [0.1, 0.15) is 21.5 Å². The van der Waals surface area contributed by atoms with Gasteiger partial charge in [0.2, 0.25) is 11.9 Å². The number of thioether (sulfide) groups is 1. The number of hydrogen-bond acceptors (Lipinski definition) is 8. The van der Waals surface area contributed by atoms with E-state index in [0.29, 0.717) is 29.6 Å². The zero-order valence-electron chi connectivity index (χ0n) is 19.4. The molecule has 0 aliphatic carbocycles. The Kier molecular flexibility index (Phi) is 7.49. The predicted octanol–water partition coefficient (Wildman–Crippen LogP) is 3.24. The van der Waals surface area contributed by atoms with E-state index in [-0.39, 0.29) is 11.7 Å². The minimum absolute atomic E-state index is 0.134. The molecule has 1 N–H and O–H groups in total. The number of benzene rings is 2. The maximum atomic E-state index is 12.8. The standard InChI is InChI=1S/C24H27N5O4S/c1-16-8-9-18(22(31)32-3)14-19(16)25-21(30)15-34-24-27-26-23(28-10-12-33-13-11-28)29(24)20-7-5-4-6-17(20)2/h4-9,14H,10-13,15H2,1-3H3,(H,25,30). The van der Waals surface area contributed by atoms with Crippen LogP contribution in [0, 0.1) is 13.8 Å². The summed E-state index contributed by atoms with van der Waals surface area (Å²) in [6.45, 7) is 6.63. The average Bonchev–Trinajstić information content (AvgIpc) is 3.28. The molecule has 1 saturated heterocycles. The van der Waals surface area contributed by atoms with E-state index in [1.807, 2.05) is 42.7 Å². The van der Waals surface area contributed by atoms with Gasteiger partial charge in [0, 0.05) is 18.8 Å². The van der Waals surface area contributed by atoms with Crippen molar-refractivity contribution < 1.29 is 19.1 Å². The Morgan fingerprint density at radius 1 is 1.09 bits per heavy atom. The smallest absolute Gasteiger partial charge is 0.337 e. The highest BCUT2D eigenvalue weighted by molar-refractivity contribution is 7.99. The number of nitrogens with one attached hydrogen (secondary N) is 1. The van der Waals surface area contributed by atoms with Crippen molar-refractivity contribution in [2.75, 3.05) is 49.4 Å². The number of esters is 1. The lowest BCUT2D eigenvalue weighted by Gasteiger charge is -2.28. The van der Waals surface area contributed by atoms with Crippen LogP contribution in [0.2, 0.25) is 0 Å². The molecular formula is C24H27N5O4S. The highest BCUT2D eigenvalue weighted by atomic mass is 32.2. The highest BCUT2D eigenvalue weighted by Gasteiger charge is 2.23. The van der Waals surface area contributed by atoms with Crippen molar-refractivity contribution in [1.82, 2.24) is 14.8 Å². The summed E-state index contributed by atoms with van der Waals surface area (Å²) in [4.78, 5) is 26.8. The molecule has 4 rings (SSSR count). The summed E-state index contributed by atoms with van der Waals surface area (Å²) in [5.74, 6) is 0.214. The van der Waals surface area contributed by atoms with Crippen LogP contribution in [-0.2, 0) is 14.3 Å². The SMILES string of the molecule is COC(=O)c1ccc(C)c(NC(=O)CSc2nnc(N3CCOCC3)n2-c2ccccc2C)c1. The van der Waals surface area contributed by atoms with E-state index in [0.717, 1.165) is 35.9 Å². The largest absolute Gasteiger partial charge is 0.465 e. The van der Waals surface area contributed by atoms with Gasteiger partial charge in [-0.3, -0.25) is 9.36 Å². The second-order valence-corrected chi connectivity index (χ2v) is 8.80. The Morgan fingerprint density at radius 3 is 2.59 bits per heavy atom. The van der Waals surface area contributed by atoms with E-state index in [4.69, 9.17) is 9.47 Å². The highest BCUT2D eigenvalue weighted by Crippen LogP contribution is 2.29. The van der Waals surface area contributed by atoms with Crippen LogP contribution in [0.5, 0.6) is 0 Å². The molecule has 1 amide bonds. The van der Waals surface area contributed by atoms with Crippen molar-refractivity contribution in [3.8, 4) is 5.69 Å². The quantitative estimate of drug-likeness (QED) is 0.406. The summed E-state index contributed by atoms with van der Waals surface area (Å²) in [6.07, 6.45) is 0. The van der Waals surface area contributed by atoms with Gasteiger partial charge < -0.3 is 19.7 Å². The van der Waals surface area contributed by atoms with E-state index in [1.165, 1.54) is 18.9 Å². The van der Waals surface area contributed by atoms with Crippen molar-refractivity contribution in [2.24, 2.45) is 0 Å². The number of nitrogens with zero attached hydrogens (tertiary/aromatic N) is 4. The molecule has 178 valence electrons. The number of methoxy groups -OCH3 is 1. The zero-order chi connectivity index (χ0) is 24.1. The maximum Gasteiger partial charge on any atom is 0.337 e. The fourth-order valence-electron chi connectivity index (χ4n) is 3.67. The normalized spacial score (nSPS) is 13.6. The van der Waals surface area contributed by atoms with Crippen LogP contribution in [0.15, 0.2) is 47.6 Å². The number of aryl methyl sites for hydroxylation is 2. The van der Waals surface area contributed by atoms with E-state index in [9.17, 15) is 9.59 Å². The van der Waals surface area contributed by atoms with Gasteiger partial charge in [-0.25, -0.2) is 4.79 Å². The number of rotatable bonds is 7. The predicted molar refractivity (Wildman–Crippen MR) is 131 cm³/mol. The first-order valence-corrected chi connectivity index (χ1v) is 11.9. The number of carbonyl (C=O) groups excluding carboxylic acids is 2. The van der Waals surface area contributed by atoms with Crippen LogP contribution in [0.25, 0.3) is 5.69 Å². The number of amides is 1. The van der Waals surface area contributed by atoms with E-state index < -0.39 is 5.97 Å². The third-order valence-corrected chi connectivity index (χ3v) is 6.46. The Balaban J connectivity index is 1.54. The molecule has 0 radical (unpaired) electrons. The molecule has 34 heavy (non-hydrogen) atoms. The Hall–Kier alpha value is -3.37. The summed E-state index contributed by atoms with van der Waals surface area (Å²) in [6, 6.07) is 13.1. The van der Waals surface area contributed by atoms with Gasteiger partial charge in [0.15, 0.2) is 5.16 Å². The molecule has 9 nitrogen and oxygen atoms in total. The fourth-order valence-corrected chi connectivity index (χ4v) is 4.41. The Bertz CT molecular complexity index is 1190. The van der Waals surface area contributed by atoms with Gasteiger partial charge in [0.25, 0.3) is 0 Å². The number of carbonyl (C=O) groups is 2. The number of anilines is 2. The first-order valence-electron chi connectivity index (χ1n) is 10.9. The molecule has 0 saturated carbocycles. The number of aromatic nitrogens is 3. The van der Waals surface area contributed by atoms with Gasteiger partial charge in [0.05, 0.1) is 37.3 Å². The van der Waals surface area contributed by atoms with Crippen molar-refractivity contribution in [3.05, 3.63) is 59.2 Å². The summed E-state index contributed by atoms with van der Waals surface area (Å²) in [5.41, 5.74) is 3.86. The van der Waals surface area contributed by atoms with Crippen molar-refractivity contribution >= 4 is 35.3 Å². The summed E-state index contributed by atoms with van der Waals surface area (Å²) < 4.78 is 12.3. The monoisotopic (exact) mass is 481 g/mol. The molecule has 1 aromatic heterocycles. The second kappa shape index (κ2) is 10.7. The zero-order valence-corrected chi connectivity index (χ0v) is 20.2. The summed E-state index contributed by atoms with van der Waals surface area (Å²) in [7, 11) is 1.33. The molecule has 0 spiro atoms.